The van der Waals surface area contributed by atoms with Gasteiger partial charge in [0.15, 0.2) is 0 Å². The Balaban J connectivity index is 1.49. The van der Waals surface area contributed by atoms with E-state index in [2.05, 4.69) is 58.7 Å². The van der Waals surface area contributed by atoms with Crippen LogP contribution in [0.25, 0.3) is 0 Å². The van der Waals surface area contributed by atoms with E-state index in [1.54, 1.807) is 7.11 Å². The normalized spacial score (nSPS) is 19.3. The van der Waals surface area contributed by atoms with Crippen molar-refractivity contribution in [1.29, 1.82) is 0 Å². The number of benzene rings is 2. The number of para-hydroxylation sites is 1. The number of fused-ring (bicyclic) bond motifs is 2. The first-order valence-electron chi connectivity index (χ1n) is 8.48. The predicted octanol–water partition coefficient (Wildman–Crippen LogP) is 3.65. The Morgan fingerprint density at radius 1 is 1.04 bits per heavy atom. The van der Waals surface area contributed by atoms with Gasteiger partial charge in [-0.2, -0.15) is 0 Å². The van der Waals surface area contributed by atoms with E-state index in [1.165, 1.54) is 29.7 Å². The number of rotatable bonds is 3. The van der Waals surface area contributed by atoms with Gasteiger partial charge in [0.25, 0.3) is 0 Å². The molecule has 0 unspecified atom stereocenters. The number of hydrogen-bond acceptors (Lipinski definition) is 3. The second-order valence-corrected chi connectivity index (χ2v) is 6.78. The topological polar surface area (TPSA) is 24.5 Å². The van der Waals surface area contributed by atoms with E-state index in [0.717, 1.165) is 31.9 Å². The van der Waals surface area contributed by atoms with E-state index in [4.69, 9.17) is 4.74 Å². The fraction of sp³-hybridized carbons (Fsp3) is 0.400. The Hall–Kier alpha value is -2.00. The molecule has 0 aliphatic carbocycles. The van der Waals surface area contributed by atoms with Crippen molar-refractivity contribution in [3.63, 3.8) is 0 Å². The number of nitrogens with one attached hydrogen (secondary N) is 1. The first-order valence-corrected chi connectivity index (χ1v) is 8.48. The van der Waals surface area contributed by atoms with Gasteiger partial charge in [-0.3, -0.25) is 4.90 Å². The maximum absolute atomic E-state index is 5.52. The molecule has 0 saturated carbocycles. The summed E-state index contributed by atoms with van der Waals surface area (Å²) in [5.41, 5.74) is 4.37. The highest BCUT2D eigenvalue weighted by Crippen LogP contribution is 2.47. The van der Waals surface area contributed by atoms with Crippen molar-refractivity contribution in [2.75, 3.05) is 32.1 Å². The minimum Gasteiger partial charge on any atom is -0.495 e. The summed E-state index contributed by atoms with van der Waals surface area (Å²) in [5, 5.41) is 3.60. The molecule has 2 heterocycles. The molecule has 2 aromatic rings. The minimum atomic E-state index is 0.289. The molecule has 3 nitrogen and oxygen atoms in total. The Labute approximate surface area is 138 Å². The van der Waals surface area contributed by atoms with Crippen molar-refractivity contribution in [2.24, 2.45) is 0 Å². The Kier molecular flexibility index (Phi) is 3.74. The molecule has 1 saturated heterocycles. The highest BCUT2D eigenvalue weighted by atomic mass is 16.5. The van der Waals surface area contributed by atoms with Crippen LogP contribution in [0, 0.1) is 0 Å². The summed E-state index contributed by atoms with van der Waals surface area (Å²) in [7, 11) is 1.75. The lowest BCUT2D eigenvalue weighted by Gasteiger charge is -2.39. The average Bonchev–Trinajstić information content (AvgIpc) is 2.97. The standard InChI is InChI=1S/C20H24N2O/c1-23-18-9-5-8-17-19(18)21-15-20(17)10-12-22(13-11-20)14-16-6-3-2-4-7-16/h2-9,21H,10-15H2,1H3. The maximum atomic E-state index is 5.52. The van der Waals surface area contributed by atoms with Crippen molar-refractivity contribution in [2.45, 2.75) is 24.8 Å². The minimum absolute atomic E-state index is 0.289. The summed E-state index contributed by atoms with van der Waals surface area (Å²) in [4.78, 5) is 2.58. The van der Waals surface area contributed by atoms with Gasteiger partial charge in [0.2, 0.25) is 0 Å². The Morgan fingerprint density at radius 3 is 2.57 bits per heavy atom. The molecule has 2 aliphatic rings. The number of nitrogens with zero attached hydrogens (tertiary/aromatic N) is 1. The third-order valence-corrected chi connectivity index (χ3v) is 5.48. The van der Waals surface area contributed by atoms with Gasteiger partial charge in [0.1, 0.15) is 5.75 Å². The second-order valence-electron chi connectivity index (χ2n) is 6.78. The molecular formula is C20H24N2O. The lowest BCUT2D eigenvalue weighted by atomic mass is 9.74. The zero-order valence-electron chi connectivity index (χ0n) is 13.7. The zero-order valence-corrected chi connectivity index (χ0v) is 13.7. The fourth-order valence-electron chi connectivity index (χ4n) is 4.11. The van der Waals surface area contributed by atoms with Crippen LogP contribution in [0.2, 0.25) is 0 Å². The van der Waals surface area contributed by atoms with Crippen LogP contribution < -0.4 is 10.1 Å². The molecule has 1 N–H and O–H groups in total. The van der Waals surface area contributed by atoms with Crippen LogP contribution >= 0.6 is 0 Å². The Morgan fingerprint density at radius 2 is 1.83 bits per heavy atom. The molecule has 0 bridgehead atoms. The molecule has 3 heteroatoms. The fourth-order valence-corrected chi connectivity index (χ4v) is 4.11. The first-order chi connectivity index (χ1) is 11.3. The largest absolute Gasteiger partial charge is 0.495 e. The molecule has 0 aromatic heterocycles. The maximum Gasteiger partial charge on any atom is 0.142 e. The van der Waals surface area contributed by atoms with Crippen LogP contribution in [0.15, 0.2) is 48.5 Å². The van der Waals surface area contributed by atoms with Gasteiger partial charge in [0.05, 0.1) is 12.8 Å². The summed E-state index contributed by atoms with van der Waals surface area (Å²) < 4.78 is 5.52. The monoisotopic (exact) mass is 308 g/mol. The SMILES string of the molecule is COc1cccc2c1NCC21CCN(Cc2ccccc2)CC1. The molecule has 0 amide bonds. The van der Waals surface area contributed by atoms with Gasteiger partial charge in [-0.15, -0.1) is 0 Å². The summed E-state index contributed by atoms with van der Waals surface area (Å²) in [6, 6.07) is 17.3. The lowest BCUT2D eigenvalue weighted by molar-refractivity contribution is 0.162. The van der Waals surface area contributed by atoms with Gasteiger partial charge in [-0.05, 0) is 43.1 Å². The smallest absolute Gasteiger partial charge is 0.142 e. The van der Waals surface area contributed by atoms with Crippen LogP contribution in [-0.4, -0.2) is 31.6 Å². The predicted molar refractivity (Wildman–Crippen MR) is 94.1 cm³/mol. The highest BCUT2D eigenvalue weighted by molar-refractivity contribution is 5.68. The highest BCUT2D eigenvalue weighted by Gasteiger charge is 2.42. The third-order valence-electron chi connectivity index (χ3n) is 5.48. The molecule has 2 aromatic carbocycles. The Bertz CT molecular complexity index is 675. The average molecular weight is 308 g/mol. The summed E-state index contributed by atoms with van der Waals surface area (Å²) >= 11 is 0. The van der Waals surface area contributed by atoms with Gasteiger partial charge < -0.3 is 10.1 Å². The van der Waals surface area contributed by atoms with Crippen molar-refractivity contribution in [3.8, 4) is 5.75 Å². The number of hydrogen-bond donors (Lipinski definition) is 1. The zero-order chi connectivity index (χ0) is 15.7. The van der Waals surface area contributed by atoms with E-state index in [1.807, 2.05) is 0 Å². The van der Waals surface area contributed by atoms with Gasteiger partial charge in [0, 0.05) is 18.5 Å². The van der Waals surface area contributed by atoms with Crippen LogP contribution in [0.4, 0.5) is 5.69 Å². The molecule has 120 valence electrons. The van der Waals surface area contributed by atoms with E-state index in [-0.39, 0.29) is 5.41 Å². The number of methoxy groups -OCH3 is 1. The van der Waals surface area contributed by atoms with Crippen LogP contribution in [0.1, 0.15) is 24.0 Å². The van der Waals surface area contributed by atoms with Gasteiger partial charge in [-0.1, -0.05) is 42.5 Å². The quantitative estimate of drug-likeness (QED) is 0.936. The van der Waals surface area contributed by atoms with Crippen LogP contribution in [0.5, 0.6) is 5.75 Å². The van der Waals surface area contributed by atoms with E-state index >= 15 is 0 Å². The third kappa shape index (κ3) is 2.59. The van der Waals surface area contributed by atoms with Crippen LogP contribution in [-0.2, 0) is 12.0 Å². The van der Waals surface area contributed by atoms with Gasteiger partial charge in [-0.25, -0.2) is 0 Å². The number of anilines is 1. The van der Waals surface area contributed by atoms with Crippen molar-refractivity contribution in [3.05, 3.63) is 59.7 Å². The van der Waals surface area contributed by atoms with E-state index < -0.39 is 0 Å². The molecule has 0 atom stereocenters. The number of piperidine rings is 1. The number of ether oxygens (including phenoxy) is 1. The van der Waals surface area contributed by atoms with Crippen molar-refractivity contribution < 1.29 is 4.74 Å². The first kappa shape index (κ1) is 14.6. The summed E-state index contributed by atoms with van der Waals surface area (Å²) in [5.74, 6) is 0.978. The van der Waals surface area contributed by atoms with Crippen molar-refractivity contribution in [1.82, 2.24) is 4.90 Å². The van der Waals surface area contributed by atoms with Gasteiger partial charge >= 0.3 is 0 Å². The molecule has 0 radical (unpaired) electrons. The number of likely N-dealkylation sites (tertiary alicyclic amines) is 1. The molecule has 4 rings (SSSR count). The van der Waals surface area contributed by atoms with Crippen molar-refractivity contribution >= 4 is 5.69 Å². The lowest BCUT2D eigenvalue weighted by Crippen LogP contribution is -2.43. The molecule has 1 spiro atoms. The second kappa shape index (κ2) is 5.89. The molecule has 2 aliphatic heterocycles. The van der Waals surface area contributed by atoms with E-state index in [9.17, 15) is 0 Å². The molecular weight excluding hydrogens is 284 g/mol. The van der Waals surface area contributed by atoms with E-state index in [0.29, 0.717) is 0 Å². The molecule has 1 fully saturated rings. The molecule has 23 heavy (non-hydrogen) atoms. The van der Waals surface area contributed by atoms with Crippen LogP contribution in [0.3, 0.4) is 0 Å². The summed E-state index contributed by atoms with van der Waals surface area (Å²) in [6.07, 6.45) is 2.43. The summed E-state index contributed by atoms with van der Waals surface area (Å²) in [6.45, 7) is 4.43.